The third kappa shape index (κ3) is 3.98. The van der Waals surface area contributed by atoms with Gasteiger partial charge in [0.15, 0.2) is 6.61 Å². The minimum absolute atomic E-state index is 0.0310. The Kier molecular flexibility index (Phi) is 6.12. The third-order valence-electron chi connectivity index (χ3n) is 7.19. The number of carbonyl (C=O) groups is 4. The quantitative estimate of drug-likeness (QED) is 0.510. The first kappa shape index (κ1) is 21.5. The summed E-state index contributed by atoms with van der Waals surface area (Å²) in [4.78, 5) is 51.1. The molecule has 7 nitrogen and oxygen atoms in total. The Morgan fingerprint density at radius 2 is 1.61 bits per heavy atom. The van der Waals surface area contributed by atoms with E-state index in [4.69, 9.17) is 4.74 Å². The van der Waals surface area contributed by atoms with Crippen LogP contribution >= 0.6 is 0 Å². The number of nitrogens with zero attached hydrogens (tertiary/aromatic N) is 1. The average molecular weight is 427 g/mol. The molecule has 1 N–H and O–H groups in total. The molecule has 31 heavy (non-hydrogen) atoms. The van der Waals surface area contributed by atoms with Crippen LogP contribution in [0, 0.1) is 23.7 Å². The fourth-order valence-electron chi connectivity index (χ4n) is 5.69. The summed E-state index contributed by atoms with van der Waals surface area (Å²) in [6.07, 6.45) is 4.51. The first-order chi connectivity index (χ1) is 14.9. The van der Waals surface area contributed by atoms with E-state index in [-0.39, 0.29) is 36.6 Å². The van der Waals surface area contributed by atoms with Crippen molar-refractivity contribution in [2.24, 2.45) is 23.7 Å². The first-order valence-electron chi connectivity index (χ1n) is 11.4. The lowest BCUT2D eigenvalue weighted by Crippen LogP contribution is -2.35. The Labute approximate surface area is 182 Å². The number of fused-ring (bicyclic) bond motifs is 5. The van der Waals surface area contributed by atoms with Crippen molar-refractivity contribution >= 4 is 29.4 Å². The molecule has 1 heterocycles. The number of hydrogen-bond donors (Lipinski definition) is 1. The second kappa shape index (κ2) is 8.81. The lowest BCUT2D eigenvalue weighted by molar-refractivity contribution is -0.149. The molecule has 0 aromatic heterocycles. The topological polar surface area (TPSA) is 92.8 Å². The largest absolute Gasteiger partial charge is 0.456 e. The molecule has 3 fully saturated rings. The van der Waals surface area contributed by atoms with Crippen LogP contribution in [0.25, 0.3) is 0 Å². The van der Waals surface area contributed by atoms with Gasteiger partial charge in [0.1, 0.15) is 0 Å². The highest BCUT2D eigenvalue weighted by molar-refractivity contribution is 6.06. The van der Waals surface area contributed by atoms with Crippen LogP contribution < -0.4 is 5.32 Å². The number of anilines is 1. The molecular formula is C24H30N2O5. The van der Waals surface area contributed by atoms with E-state index in [1.54, 1.807) is 0 Å². The maximum atomic E-state index is 12.7. The number of nitrogens with one attached hydrogen (secondary N) is 1. The number of carbonyl (C=O) groups excluding carboxylic acids is 4. The molecule has 0 radical (unpaired) electrons. The van der Waals surface area contributed by atoms with Crippen molar-refractivity contribution in [2.45, 2.75) is 52.4 Å². The lowest BCUT2D eigenvalue weighted by Gasteiger charge is -2.19. The van der Waals surface area contributed by atoms with E-state index in [0.717, 1.165) is 48.9 Å². The Morgan fingerprint density at radius 3 is 2.16 bits per heavy atom. The molecule has 2 aliphatic carbocycles. The smallest absolute Gasteiger partial charge is 0.308 e. The Balaban J connectivity index is 1.26. The number of para-hydroxylation sites is 1. The van der Waals surface area contributed by atoms with Crippen LogP contribution in [-0.4, -0.2) is 41.7 Å². The fraction of sp³-hybridized carbons (Fsp3) is 0.583. The molecule has 2 saturated carbocycles. The number of imide groups is 1. The van der Waals surface area contributed by atoms with Crippen molar-refractivity contribution in [3.63, 3.8) is 0 Å². The number of rotatable bonds is 8. The zero-order valence-electron chi connectivity index (χ0n) is 18.2. The number of amides is 3. The molecule has 4 atom stereocenters. The van der Waals surface area contributed by atoms with E-state index in [1.807, 2.05) is 32.0 Å². The van der Waals surface area contributed by atoms with Gasteiger partial charge in [-0.3, -0.25) is 24.1 Å². The summed E-state index contributed by atoms with van der Waals surface area (Å²) in [5, 5.41) is 2.86. The number of esters is 1. The van der Waals surface area contributed by atoms with E-state index in [1.165, 1.54) is 4.90 Å². The van der Waals surface area contributed by atoms with Crippen LogP contribution in [0.15, 0.2) is 18.2 Å². The molecule has 1 aromatic carbocycles. The normalized spacial score (nSPS) is 26.3. The van der Waals surface area contributed by atoms with Crippen molar-refractivity contribution in [1.82, 2.24) is 4.90 Å². The lowest BCUT2D eigenvalue weighted by atomic mass is 9.81. The molecule has 1 aromatic rings. The van der Waals surface area contributed by atoms with Gasteiger partial charge >= 0.3 is 5.97 Å². The minimum atomic E-state index is -0.588. The van der Waals surface area contributed by atoms with Gasteiger partial charge in [-0.1, -0.05) is 32.0 Å². The van der Waals surface area contributed by atoms with Crippen LogP contribution in [0.2, 0.25) is 0 Å². The summed E-state index contributed by atoms with van der Waals surface area (Å²) < 4.78 is 5.10. The van der Waals surface area contributed by atoms with Crippen LogP contribution in [0.1, 0.15) is 50.7 Å². The van der Waals surface area contributed by atoms with E-state index >= 15 is 0 Å². The second-order valence-corrected chi connectivity index (χ2v) is 8.83. The molecule has 7 heteroatoms. The van der Waals surface area contributed by atoms with Crippen molar-refractivity contribution in [1.29, 1.82) is 0 Å². The molecule has 0 unspecified atom stereocenters. The molecule has 1 aliphatic heterocycles. The molecule has 166 valence electrons. The van der Waals surface area contributed by atoms with Crippen LogP contribution in [0.5, 0.6) is 0 Å². The third-order valence-corrected chi connectivity index (χ3v) is 7.19. The summed E-state index contributed by atoms with van der Waals surface area (Å²) >= 11 is 0. The first-order valence-corrected chi connectivity index (χ1v) is 11.4. The van der Waals surface area contributed by atoms with Gasteiger partial charge in [0.2, 0.25) is 11.8 Å². The molecule has 2 bridgehead atoms. The van der Waals surface area contributed by atoms with Crippen molar-refractivity contribution in [3.05, 3.63) is 29.3 Å². The van der Waals surface area contributed by atoms with Gasteiger partial charge in [-0.05, 0) is 55.1 Å². The predicted octanol–water partition coefficient (Wildman–Crippen LogP) is 2.71. The Hall–Kier alpha value is -2.70. The Morgan fingerprint density at radius 1 is 1.03 bits per heavy atom. The highest BCUT2D eigenvalue weighted by atomic mass is 16.5. The van der Waals surface area contributed by atoms with Gasteiger partial charge in [0.05, 0.1) is 18.3 Å². The van der Waals surface area contributed by atoms with E-state index in [9.17, 15) is 19.2 Å². The molecule has 1 saturated heterocycles. The van der Waals surface area contributed by atoms with E-state index in [2.05, 4.69) is 5.32 Å². The van der Waals surface area contributed by atoms with Gasteiger partial charge in [0, 0.05) is 12.2 Å². The minimum Gasteiger partial charge on any atom is -0.456 e. The monoisotopic (exact) mass is 426 g/mol. The average Bonchev–Trinajstić information content (AvgIpc) is 3.45. The van der Waals surface area contributed by atoms with Crippen LogP contribution in [0.3, 0.4) is 0 Å². The summed E-state index contributed by atoms with van der Waals surface area (Å²) in [5.41, 5.74) is 2.84. The Bertz CT molecular complexity index is 861. The highest BCUT2D eigenvalue weighted by Crippen LogP contribution is 2.56. The van der Waals surface area contributed by atoms with E-state index in [0.29, 0.717) is 11.8 Å². The van der Waals surface area contributed by atoms with Crippen molar-refractivity contribution < 1.29 is 23.9 Å². The van der Waals surface area contributed by atoms with Crippen molar-refractivity contribution in [2.75, 3.05) is 18.5 Å². The summed E-state index contributed by atoms with van der Waals surface area (Å²) in [6.45, 7) is 3.68. The maximum Gasteiger partial charge on any atom is 0.308 e. The standard InChI is InChI=1S/C24H30N2O5/c1-3-14-6-5-7-15(4-2)22(14)25-18(27)13-31-19(28)10-11-26-23(29)20-16-8-9-17(12-16)21(20)24(26)30/h5-7,16-17,20-21H,3-4,8-13H2,1-2H3,(H,25,27)/t16-,17-,20-,21-/m0/s1. The zero-order chi connectivity index (χ0) is 22.1. The molecule has 3 aliphatic rings. The molecular weight excluding hydrogens is 396 g/mol. The number of ether oxygens (including phenoxy) is 1. The summed E-state index contributed by atoms with van der Waals surface area (Å²) in [7, 11) is 0. The molecule has 3 amide bonds. The van der Waals surface area contributed by atoms with Gasteiger partial charge in [-0.2, -0.15) is 0 Å². The predicted molar refractivity (Wildman–Crippen MR) is 114 cm³/mol. The van der Waals surface area contributed by atoms with Crippen molar-refractivity contribution in [3.8, 4) is 0 Å². The van der Waals surface area contributed by atoms with Crippen LogP contribution in [-0.2, 0) is 36.8 Å². The fourth-order valence-corrected chi connectivity index (χ4v) is 5.69. The number of hydrogen-bond acceptors (Lipinski definition) is 5. The van der Waals surface area contributed by atoms with Gasteiger partial charge in [-0.15, -0.1) is 0 Å². The van der Waals surface area contributed by atoms with E-state index < -0.39 is 18.5 Å². The van der Waals surface area contributed by atoms with Gasteiger partial charge < -0.3 is 10.1 Å². The SMILES string of the molecule is CCc1cccc(CC)c1NC(=O)COC(=O)CCN1C(=O)[C@H]2[C@H]3CC[C@@H](C3)[C@@H]2C1=O. The number of aryl methyl sites for hydroxylation is 2. The van der Waals surface area contributed by atoms with Gasteiger partial charge in [-0.25, -0.2) is 0 Å². The number of likely N-dealkylation sites (tertiary alicyclic amines) is 1. The van der Waals surface area contributed by atoms with Gasteiger partial charge in [0.25, 0.3) is 5.91 Å². The highest BCUT2D eigenvalue weighted by Gasteiger charge is 2.60. The zero-order valence-corrected chi connectivity index (χ0v) is 18.2. The molecule has 4 rings (SSSR count). The second-order valence-electron chi connectivity index (χ2n) is 8.83. The maximum absolute atomic E-state index is 12.7. The molecule has 0 spiro atoms. The number of benzene rings is 1. The summed E-state index contributed by atoms with van der Waals surface area (Å²) in [6, 6.07) is 5.90. The van der Waals surface area contributed by atoms with Crippen LogP contribution in [0.4, 0.5) is 5.69 Å². The summed E-state index contributed by atoms with van der Waals surface area (Å²) in [5.74, 6) is -0.957.